The van der Waals surface area contributed by atoms with Crippen molar-refractivity contribution in [2.45, 2.75) is 6.92 Å². The Morgan fingerprint density at radius 3 is 2.42 bits per heavy atom. The van der Waals surface area contributed by atoms with Crippen LogP contribution in [0.4, 0.5) is 15.8 Å². The molecule has 5 heteroatoms. The van der Waals surface area contributed by atoms with Gasteiger partial charge in [0, 0.05) is 11.3 Å². The second-order valence-electron chi connectivity index (χ2n) is 3.97. The van der Waals surface area contributed by atoms with Gasteiger partial charge in [0.2, 0.25) is 0 Å². The van der Waals surface area contributed by atoms with Crippen LogP contribution < -0.4 is 10.6 Å². The number of nitrogens with one attached hydrogen (secondary N) is 2. The molecule has 0 saturated carbocycles. The molecule has 98 valence electrons. The van der Waals surface area contributed by atoms with Gasteiger partial charge < -0.3 is 10.6 Å². The van der Waals surface area contributed by atoms with Gasteiger partial charge in [-0.1, -0.05) is 29.8 Å². The van der Waals surface area contributed by atoms with Crippen molar-refractivity contribution >= 4 is 40.3 Å². The largest absolute Gasteiger partial charge is 0.332 e. The van der Waals surface area contributed by atoms with Gasteiger partial charge in [-0.3, -0.25) is 0 Å². The molecule has 0 heterocycles. The van der Waals surface area contributed by atoms with E-state index in [0.717, 1.165) is 0 Å². The standard InChI is InChI=1S/C14H12ClFN2S/c1-9-11(16)6-4-8-12(9)17-14(19)18-13-7-3-2-5-10(13)15/h2-8H,1H3,(H2,17,18,19). The molecule has 0 aliphatic heterocycles. The van der Waals surface area contributed by atoms with Crippen molar-refractivity contribution in [2.24, 2.45) is 0 Å². The second-order valence-corrected chi connectivity index (χ2v) is 4.79. The molecule has 0 bridgehead atoms. The highest BCUT2D eigenvalue weighted by Crippen LogP contribution is 2.22. The summed E-state index contributed by atoms with van der Waals surface area (Å²) in [7, 11) is 0. The summed E-state index contributed by atoms with van der Waals surface area (Å²) in [6.07, 6.45) is 0. The normalized spacial score (nSPS) is 10.1. The van der Waals surface area contributed by atoms with Gasteiger partial charge in [0.25, 0.3) is 0 Å². The topological polar surface area (TPSA) is 24.1 Å². The Morgan fingerprint density at radius 1 is 1.05 bits per heavy atom. The summed E-state index contributed by atoms with van der Waals surface area (Å²) < 4.78 is 13.4. The van der Waals surface area contributed by atoms with Crippen LogP contribution in [0.25, 0.3) is 0 Å². The highest BCUT2D eigenvalue weighted by molar-refractivity contribution is 7.80. The van der Waals surface area contributed by atoms with Gasteiger partial charge in [0.15, 0.2) is 5.11 Å². The van der Waals surface area contributed by atoms with E-state index < -0.39 is 0 Å². The van der Waals surface area contributed by atoms with E-state index in [1.807, 2.05) is 18.2 Å². The van der Waals surface area contributed by atoms with E-state index in [1.54, 1.807) is 25.1 Å². The summed E-state index contributed by atoms with van der Waals surface area (Å²) in [6, 6.07) is 12.1. The van der Waals surface area contributed by atoms with Gasteiger partial charge in [0.1, 0.15) is 5.82 Å². The predicted octanol–water partition coefficient (Wildman–Crippen LogP) is 4.60. The van der Waals surface area contributed by atoms with E-state index in [1.165, 1.54) is 6.07 Å². The number of hydrogen-bond acceptors (Lipinski definition) is 1. The van der Waals surface area contributed by atoms with Crippen LogP contribution in [0, 0.1) is 12.7 Å². The number of halogens is 2. The summed E-state index contributed by atoms with van der Waals surface area (Å²) in [5.74, 6) is -0.273. The first-order valence-corrected chi connectivity index (χ1v) is 6.44. The van der Waals surface area contributed by atoms with E-state index in [4.69, 9.17) is 23.8 Å². The van der Waals surface area contributed by atoms with Crippen LogP contribution in [0.5, 0.6) is 0 Å². The van der Waals surface area contributed by atoms with Crippen molar-refractivity contribution in [3.63, 3.8) is 0 Å². The molecule has 2 rings (SSSR count). The number of thiocarbonyl (C=S) groups is 1. The lowest BCUT2D eigenvalue weighted by molar-refractivity contribution is 0.619. The highest BCUT2D eigenvalue weighted by atomic mass is 35.5. The first kappa shape index (κ1) is 13.8. The smallest absolute Gasteiger partial charge is 0.175 e. The maximum absolute atomic E-state index is 13.4. The van der Waals surface area contributed by atoms with Gasteiger partial charge in [-0.05, 0) is 43.4 Å². The third-order valence-electron chi connectivity index (χ3n) is 2.64. The van der Waals surface area contributed by atoms with E-state index in [9.17, 15) is 4.39 Å². The molecule has 0 atom stereocenters. The summed E-state index contributed by atoms with van der Waals surface area (Å²) in [5.41, 5.74) is 1.85. The van der Waals surface area contributed by atoms with Crippen LogP contribution in [0.3, 0.4) is 0 Å². The Labute approximate surface area is 121 Å². The SMILES string of the molecule is Cc1c(F)cccc1NC(=S)Nc1ccccc1Cl. The first-order valence-electron chi connectivity index (χ1n) is 5.65. The van der Waals surface area contributed by atoms with Crippen molar-refractivity contribution in [2.75, 3.05) is 10.6 Å². The Hall–Kier alpha value is -1.65. The summed E-state index contributed by atoms with van der Waals surface area (Å²) in [6.45, 7) is 1.69. The molecular formula is C14H12ClFN2S. The van der Waals surface area contributed by atoms with Crippen molar-refractivity contribution < 1.29 is 4.39 Å². The van der Waals surface area contributed by atoms with Gasteiger partial charge in [-0.15, -0.1) is 0 Å². The number of anilines is 2. The van der Waals surface area contributed by atoms with Crippen LogP contribution in [0.2, 0.25) is 5.02 Å². The van der Waals surface area contributed by atoms with Crippen LogP contribution >= 0.6 is 23.8 Å². The lowest BCUT2D eigenvalue weighted by atomic mass is 10.2. The minimum absolute atomic E-state index is 0.273. The first-order chi connectivity index (χ1) is 9.08. The molecule has 0 aliphatic rings. The zero-order valence-corrected chi connectivity index (χ0v) is 11.8. The Morgan fingerprint density at radius 2 is 1.68 bits per heavy atom. The average Bonchev–Trinajstić information content (AvgIpc) is 2.38. The molecule has 2 aromatic rings. The molecule has 2 N–H and O–H groups in total. The van der Waals surface area contributed by atoms with Crippen LogP contribution in [-0.2, 0) is 0 Å². The van der Waals surface area contributed by atoms with E-state index in [-0.39, 0.29) is 5.82 Å². The molecular weight excluding hydrogens is 283 g/mol. The Kier molecular flexibility index (Phi) is 4.35. The Balaban J connectivity index is 2.10. The number of rotatable bonds is 2. The minimum atomic E-state index is -0.273. The fourth-order valence-electron chi connectivity index (χ4n) is 1.58. The van der Waals surface area contributed by atoms with Gasteiger partial charge in [-0.2, -0.15) is 0 Å². The molecule has 0 radical (unpaired) electrons. The van der Waals surface area contributed by atoms with E-state index in [2.05, 4.69) is 10.6 Å². The molecule has 0 saturated heterocycles. The molecule has 0 unspecified atom stereocenters. The third-order valence-corrected chi connectivity index (χ3v) is 3.17. The average molecular weight is 295 g/mol. The molecule has 2 aromatic carbocycles. The van der Waals surface area contributed by atoms with E-state index >= 15 is 0 Å². The van der Waals surface area contributed by atoms with Crippen LogP contribution in [0.1, 0.15) is 5.56 Å². The minimum Gasteiger partial charge on any atom is -0.332 e. The van der Waals surface area contributed by atoms with Gasteiger partial charge >= 0.3 is 0 Å². The van der Waals surface area contributed by atoms with Crippen molar-refractivity contribution in [3.8, 4) is 0 Å². The number of para-hydroxylation sites is 1. The lowest BCUT2D eigenvalue weighted by Crippen LogP contribution is -2.20. The quantitative estimate of drug-likeness (QED) is 0.792. The molecule has 0 aliphatic carbocycles. The van der Waals surface area contributed by atoms with Crippen molar-refractivity contribution in [1.82, 2.24) is 0 Å². The molecule has 0 amide bonds. The molecule has 0 spiro atoms. The fraction of sp³-hybridized carbons (Fsp3) is 0.0714. The van der Waals surface area contributed by atoms with Crippen molar-refractivity contribution in [3.05, 3.63) is 58.9 Å². The summed E-state index contributed by atoms with van der Waals surface area (Å²) in [5, 5.41) is 6.85. The predicted molar refractivity (Wildman–Crippen MR) is 82.4 cm³/mol. The fourth-order valence-corrected chi connectivity index (χ4v) is 1.98. The second kappa shape index (κ2) is 5.99. The number of benzene rings is 2. The molecule has 2 nitrogen and oxygen atoms in total. The maximum atomic E-state index is 13.4. The summed E-state index contributed by atoms with van der Waals surface area (Å²) >= 11 is 11.2. The lowest BCUT2D eigenvalue weighted by Gasteiger charge is -2.13. The zero-order chi connectivity index (χ0) is 13.8. The highest BCUT2D eigenvalue weighted by Gasteiger charge is 2.06. The maximum Gasteiger partial charge on any atom is 0.175 e. The molecule has 0 aromatic heterocycles. The van der Waals surface area contributed by atoms with Gasteiger partial charge in [-0.25, -0.2) is 4.39 Å². The third kappa shape index (κ3) is 3.43. The van der Waals surface area contributed by atoms with E-state index in [0.29, 0.717) is 27.1 Å². The van der Waals surface area contributed by atoms with Crippen LogP contribution in [0.15, 0.2) is 42.5 Å². The number of hydrogen-bond donors (Lipinski definition) is 2. The monoisotopic (exact) mass is 294 g/mol. The van der Waals surface area contributed by atoms with Crippen molar-refractivity contribution in [1.29, 1.82) is 0 Å². The Bertz CT molecular complexity index is 616. The van der Waals surface area contributed by atoms with Crippen LogP contribution in [-0.4, -0.2) is 5.11 Å². The molecule has 19 heavy (non-hydrogen) atoms. The van der Waals surface area contributed by atoms with Gasteiger partial charge in [0.05, 0.1) is 10.7 Å². The summed E-state index contributed by atoms with van der Waals surface area (Å²) in [4.78, 5) is 0. The zero-order valence-electron chi connectivity index (χ0n) is 10.2. The molecule has 0 fully saturated rings.